The van der Waals surface area contributed by atoms with Gasteiger partial charge in [-0.2, -0.15) is 0 Å². The summed E-state index contributed by atoms with van der Waals surface area (Å²) in [6.07, 6.45) is 0.165. The molecule has 0 radical (unpaired) electrons. The molecular formula is C28H28N2O6S. The molecule has 1 atom stereocenters. The molecule has 37 heavy (non-hydrogen) atoms. The van der Waals surface area contributed by atoms with Gasteiger partial charge in [-0.05, 0) is 61.0 Å². The van der Waals surface area contributed by atoms with E-state index >= 15 is 0 Å². The summed E-state index contributed by atoms with van der Waals surface area (Å²) in [6, 6.07) is 17.9. The smallest absolute Gasteiger partial charge is 0.244 e. The number of thioether (sulfide) groups is 1. The Morgan fingerprint density at radius 3 is 2.22 bits per heavy atom. The van der Waals surface area contributed by atoms with Crippen molar-refractivity contribution in [2.24, 2.45) is 0 Å². The average Bonchev–Trinajstić information content (AvgIpc) is 3.04. The van der Waals surface area contributed by atoms with Crippen molar-refractivity contribution >= 4 is 40.7 Å². The third-order valence-electron chi connectivity index (χ3n) is 6.02. The van der Waals surface area contributed by atoms with Crippen molar-refractivity contribution < 1.29 is 28.6 Å². The second-order valence-electron chi connectivity index (χ2n) is 8.40. The predicted octanol–water partition coefficient (Wildman–Crippen LogP) is 5.12. The maximum Gasteiger partial charge on any atom is 0.244 e. The number of Topliss-reactive ketones (excluding diaryl/α,β-unsaturated/α-hetero) is 1. The number of benzene rings is 3. The van der Waals surface area contributed by atoms with Gasteiger partial charge in [0.05, 0.1) is 27.0 Å². The summed E-state index contributed by atoms with van der Waals surface area (Å²) in [5.74, 6) is 0.926. The van der Waals surface area contributed by atoms with Crippen molar-refractivity contribution in [1.82, 2.24) is 0 Å². The Kier molecular flexibility index (Phi) is 8.03. The van der Waals surface area contributed by atoms with Gasteiger partial charge in [-0.1, -0.05) is 12.1 Å². The lowest BCUT2D eigenvalue weighted by molar-refractivity contribution is -0.121. The highest BCUT2D eigenvalue weighted by Gasteiger charge is 2.31. The number of para-hydroxylation sites is 1. The zero-order valence-electron chi connectivity index (χ0n) is 21.1. The third-order valence-corrected chi connectivity index (χ3v) is 7.34. The van der Waals surface area contributed by atoms with Crippen molar-refractivity contribution in [3.05, 3.63) is 71.8 Å². The van der Waals surface area contributed by atoms with Gasteiger partial charge in [0, 0.05) is 27.8 Å². The summed E-state index contributed by atoms with van der Waals surface area (Å²) in [6.45, 7) is 1.34. The van der Waals surface area contributed by atoms with Crippen LogP contribution in [0.1, 0.15) is 34.5 Å². The molecule has 4 rings (SSSR count). The number of hydrogen-bond acceptors (Lipinski definition) is 7. The number of hydrogen-bond donors (Lipinski definition) is 1. The lowest BCUT2D eigenvalue weighted by atomic mass is 10.1. The number of ether oxygens (including phenoxy) is 3. The number of methoxy groups -OCH3 is 3. The molecule has 1 N–H and O–H groups in total. The molecule has 0 bridgehead atoms. The molecule has 2 amide bonds. The molecule has 9 heteroatoms. The van der Waals surface area contributed by atoms with Gasteiger partial charge < -0.3 is 24.4 Å². The van der Waals surface area contributed by atoms with Crippen LogP contribution in [0.25, 0.3) is 0 Å². The number of amides is 2. The second kappa shape index (κ2) is 11.4. The molecule has 0 saturated heterocycles. The third kappa shape index (κ3) is 5.72. The first-order chi connectivity index (χ1) is 17.8. The molecule has 0 aliphatic carbocycles. The largest absolute Gasteiger partial charge is 0.493 e. The van der Waals surface area contributed by atoms with Crippen LogP contribution in [-0.4, -0.2) is 45.5 Å². The molecule has 1 heterocycles. The number of carbonyl (C=O) groups excluding carboxylic acids is 3. The van der Waals surface area contributed by atoms with E-state index in [1.807, 2.05) is 36.4 Å². The zero-order valence-corrected chi connectivity index (χ0v) is 21.9. The van der Waals surface area contributed by atoms with Crippen LogP contribution in [0.3, 0.4) is 0 Å². The molecular weight excluding hydrogens is 492 g/mol. The number of ketones is 1. The van der Waals surface area contributed by atoms with Crippen molar-refractivity contribution in [3.8, 4) is 17.2 Å². The van der Waals surface area contributed by atoms with E-state index in [1.54, 1.807) is 57.4 Å². The predicted molar refractivity (Wildman–Crippen MR) is 143 cm³/mol. The van der Waals surface area contributed by atoms with Gasteiger partial charge in [0.1, 0.15) is 6.54 Å². The van der Waals surface area contributed by atoms with Gasteiger partial charge in [-0.3, -0.25) is 14.4 Å². The number of fused-ring (bicyclic) bond motifs is 1. The molecule has 8 nitrogen and oxygen atoms in total. The maximum atomic E-state index is 13.5. The lowest BCUT2D eigenvalue weighted by Crippen LogP contribution is -2.38. The Morgan fingerprint density at radius 2 is 1.62 bits per heavy atom. The molecule has 0 aromatic heterocycles. The van der Waals surface area contributed by atoms with Gasteiger partial charge in [0.15, 0.2) is 17.3 Å². The van der Waals surface area contributed by atoms with Gasteiger partial charge in [0.2, 0.25) is 17.6 Å². The quantitative estimate of drug-likeness (QED) is 0.412. The number of anilines is 2. The Balaban J connectivity index is 1.60. The Bertz CT molecular complexity index is 1300. The van der Waals surface area contributed by atoms with Gasteiger partial charge in [0.25, 0.3) is 0 Å². The van der Waals surface area contributed by atoms with Crippen LogP contribution in [0.4, 0.5) is 11.4 Å². The first kappa shape index (κ1) is 26.1. The molecule has 0 unspecified atom stereocenters. The Morgan fingerprint density at radius 1 is 0.973 bits per heavy atom. The van der Waals surface area contributed by atoms with Crippen LogP contribution >= 0.6 is 11.8 Å². The summed E-state index contributed by atoms with van der Waals surface area (Å²) < 4.78 is 16.5. The van der Waals surface area contributed by atoms with E-state index in [0.29, 0.717) is 34.2 Å². The van der Waals surface area contributed by atoms with Crippen LogP contribution in [0.2, 0.25) is 0 Å². The maximum absolute atomic E-state index is 13.5. The SMILES string of the molecule is COc1cc([C@H]2CC(=O)N(CC(=O)Nc3ccc(C(C)=O)cc3)c3ccccc3S2)cc(OC)c1OC. The molecule has 0 saturated carbocycles. The number of nitrogens with zero attached hydrogens (tertiary/aromatic N) is 1. The van der Waals surface area contributed by atoms with Crippen LogP contribution in [0.5, 0.6) is 17.2 Å². The van der Waals surface area contributed by atoms with E-state index in [4.69, 9.17) is 14.2 Å². The van der Waals surface area contributed by atoms with Crippen molar-refractivity contribution in [2.75, 3.05) is 38.1 Å². The zero-order chi connectivity index (χ0) is 26.5. The number of nitrogens with one attached hydrogen (secondary N) is 1. The van der Waals surface area contributed by atoms with E-state index in [-0.39, 0.29) is 35.8 Å². The summed E-state index contributed by atoms with van der Waals surface area (Å²) in [7, 11) is 4.65. The molecule has 192 valence electrons. The molecule has 3 aromatic carbocycles. The molecule has 1 aliphatic rings. The van der Waals surface area contributed by atoms with Crippen LogP contribution < -0.4 is 24.4 Å². The minimum Gasteiger partial charge on any atom is -0.493 e. The minimum absolute atomic E-state index is 0.0520. The van der Waals surface area contributed by atoms with Crippen LogP contribution in [0, 0.1) is 0 Å². The Labute approximate surface area is 219 Å². The highest BCUT2D eigenvalue weighted by molar-refractivity contribution is 7.99. The van der Waals surface area contributed by atoms with E-state index in [9.17, 15) is 14.4 Å². The summed E-state index contributed by atoms with van der Waals surface area (Å²) in [5.41, 5.74) is 2.63. The van der Waals surface area contributed by atoms with Gasteiger partial charge >= 0.3 is 0 Å². The highest BCUT2D eigenvalue weighted by atomic mass is 32.2. The van der Waals surface area contributed by atoms with E-state index in [2.05, 4.69) is 5.32 Å². The van der Waals surface area contributed by atoms with E-state index < -0.39 is 0 Å². The topological polar surface area (TPSA) is 94.2 Å². The normalized spacial score (nSPS) is 14.9. The standard InChI is InChI=1S/C28H28N2O6S/c1-17(31)18-9-11-20(12-10-18)29-26(32)16-30-21-7-5-6-8-24(21)37-25(15-27(30)33)19-13-22(34-2)28(36-4)23(14-19)35-3/h5-14,25H,15-16H2,1-4H3,(H,29,32)/t25-/m1/s1. The van der Waals surface area contributed by atoms with Gasteiger partial charge in [-0.15, -0.1) is 11.8 Å². The molecule has 3 aromatic rings. The van der Waals surface area contributed by atoms with Crippen molar-refractivity contribution in [3.63, 3.8) is 0 Å². The second-order valence-corrected chi connectivity index (χ2v) is 9.64. The Hall–Kier alpha value is -3.98. The summed E-state index contributed by atoms with van der Waals surface area (Å²) in [5, 5.41) is 2.57. The fourth-order valence-corrected chi connectivity index (χ4v) is 5.42. The fourth-order valence-electron chi connectivity index (χ4n) is 4.16. The lowest BCUT2D eigenvalue weighted by Gasteiger charge is -2.22. The fraction of sp³-hybridized carbons (Fsp3) is 0.250. The van der Waals surface area contributed by atoms with Crippen molar-refractivity contribution in [1.29, 1.82) is 0 Å². The first-order valence-corrected chi connectivity index (χ1v) is 12.5. The molecule has 0 fully saturated rings. The summed E-state index contributed by atoms with van der Waals surface area (Å²) in [4.78, 5) is 40.3. The van der Waals surface area contributed by atoms with Crippen LogP contribution in [-0.2, 0) is 9.59 Å². The van der Waals surface area contributed by atoms with E-state index in [1.165, 1.54) is 11.8 Å². The molecule has 0 spiro atoms. The van der Waals surface area contributed by atoms with Crippen molar-refractivity contribution in [2.45, 2.75) is 23.5 Å². The van der Waals surface area contributed by atoms with Gasteiger partial charge in [-0.25, -0.2) is 0 Å². The van der Waals surface area contributed by atoms with E-state index in [0.717, 1.165) is 10.5 Å². The first-order valence-electron chi connectivity index (χ1n) is 11.6. The monoisotopic (exact) mass is 520 g/mol. The minimum atomic E-state index is -0.338. The number of rotatable bonds is 8. The number of carbonyl (C=O) groups is 3. The highest BCUT2D eigenvalue weighted by Crippen LogP contribution is 2.49. The van der Waals surface area contributed by atoms with Crippen LogP contribution in [0.15, 0.2) is 65.6 Å². The summed E-state index contributed by atoms with van der Waals surface area (Å²) >= 11 is 1.55. The average molecular weight is 521 g/mol. The molecule has 1 aliphatic heterocycles.